The van der Waals surface area contributed by atoms with Gasteiger partial charge in [-0.25, -0.2) is 4.98 Å². The van der Waals surface area contributed by atoms with Gasteiger partial charge in [0.15, 0.2) is 0 Å². The van der Waals surface area contributed by atoms with Crippen molar-refractivity contribution in [3.63, 3.8) is 0 Å². The van der Waals surface area contributed by atoms with Crippen LogP contribution in [0.1, 0.15) is 30.3 Å². The maximum atomic E-state index is 4.24. The van der Waals surface area contributed by atoms with Gasteiger partial charge in [0, 0.05) is 24.5 Å². The van der Waals surface area contributed by atoms with Gasteiger partial charge in [0.2, 0.25) is 0 Å². The van der Waals surface area contributed by atoms with Crippen LogP contribution in [0.4, 0.5) is 0 Å². The van der Waals surface area contributed by atoms with Gasteiger partial charge in [0.1, 0.15) is 0 Å². The van der Waals surface area contributed by atoms with Crippen molar-refractivity contribution < 1.29 is 0 Å². The van der Waals surface area contributed by atoms with Crippen molar-refractivity contribution in [3.8, 4) is 0 Å². The van der Waals surface area contributed by atoms with Gasteiger partial charge < -0.3 is 10.2 Å². The van der Waals surface area contributed by atoms with E-state index in [9.17, 15) is 0 Å². The smallest absolute Gasteiger partial charge is 0.0798 e. The highest BCUT2D eigenvalue weighted by atomic mass is 32.1. The number of nitrogens with one attached hydrogen (secondary N) is 1. The molecule has 0 saturated carbocycles. The molecule has 0 atom stereocenters. The normalized spacial score (nSPS) is 11.2. The van der Waals surface area contributed by atoms with Crippen LogP contribution in [0.25, 0.3) is 0 Å². The Bertz CT molecular complexity index is 286. The number of hydrogen-bond donors (Lipinski definition) is 1. The summed E-state index contributed by atoms with van der Waals surface area (Å²) in [4.78, 5) is 7.98. The van der Waals surface area contributed by atoms with Gasteiger partial charge in [-0.1, -0.05) is 13.3 Å². The zero-order valence-corrected chi connectivity index (χ0v) is 11.4. The van der Waals surface area contributed by atoms with E-state index < -0.39 is 0 Å². The lowest BCUT2D eigenvalue weighted by Gasteiger charge is -2.16. The molecule has 4 heteroatoms. The van der Waals surface area contributed by atoms with Crippen molar-refractivity contribution in [2.24, 2.45) is 0 Å². The molecule has 0 unspecified atom stereocenters. The largest absolute Gasteiger partial charge is 0.311 e. The third kappa shape index (κ3) is 5.05. The monoisotopic (exact) mass is 241 g/mol. The zero-order chi connectivity index (χ0) is 11.8. The minimum Gasteiger partial charge on any atom is -0.311 e. The van der Waals surface area contributed by atoms with Crippen LogP contribution in [0.3, 0.4) is 0 Å². The Balaban J connectivity index is 2.06. The number of unbranched alkanes of at least 4 members (excludes halogenated alkanes) is 1. The Morgan fingerprint density at radius 3 is 2.88 bits per heavy atom. The molecule has 0 aliphatic carbocycles. The number of aryl methyl sites for hydroxylation is 1. The maximum absolute atomic E-state index is 4.24. The van der Waals surface area contributed by atoms with Crippen molar-refractivity contribution >= 4 is 11.3 Å². The van der Waals surface area contributed by atoms with Gasteiger partial charge in [-0.2, -0.15) is 0 Å². The van der Waals surface area contributed by atoms with E-state index in [1.54, 1.807) is 11.3 Å². The van der Waals surface area contributed by atoms with E-state index in [0.717, 1.165) is 25.3 Å². The van der Waals surface area contributed by atoms with Gasteiger partial charge in [-0.15, -0.1) is 11.3 Å². The third-order valence-corrected chi connectivity index (χ3v) is 3.63. The summed E-state index contributed by atoms with van der Waals surface area (Å²) in [7, 11) is 2.19. The molecule has 16 heavy (non-hydrogen) atoms. The second-order valence-electron chi connectivity index (χ2n) is 4.19. The van der Waals surface area contributed by atoms with Crippen LogP contribution in [0.5, 0.6) is 0 Å². The van der Waals surface area contributed by atoms with Crippen LogP contribution in [0, 0.1) is 6.92 Å². The molecule has 0 aliphatic heterocycles. The first-order valence-corrected chi connectivity index (χ1v) is 6.90. The molecule has 1 aromatic heterocycles. The molecule has 0 saturated heterocycles. The molecule has 0 radical (unpaired) electrons. The Labute approximate surface area is 103 Å². The maximum Gasteiger partial charge on any atom is 0.0798 e. The molecular formula is C12H23N3S. The van der Waals surface area contributed by atoms with Gasteiger partial charge in [-0.3, -0.25) is 0 Å². The number of hydrogen-bond acceptors (Lipinski definition) is 4. The second-order valence-corrected chi connectivity index (χ2v) is 5.13. The topological polar surface area (TPSA) is 28.2 Å². The summed E-state index contributed by atoms with van der Waals surface area (Å²) in [6, 6.07) is 0. The fourth-order valence-corrected chi connectivity index (χ4v) is 2.25. The molecule has 0 aromatic carbocycles. The quantitative estimate of drug-likeness (QED) is 0.708. The lowest BCUT2D eigenvalue weighted by atomic mass is 10.3. The molecule has 0 aliphatic rings. The van der Waals surface area contributed by atoms with Crippen LogP contribution >= 0.6 is 11.3 Å². The fourth-order valence-electron chi connectivity index (χ4n) is 1.51. The van der Waals surface area contributed by atoms with E-state index in [4.69, 9.17) is 0 Å². The molecule has 1 N–H and O–H groups in total. The molecule has 0 fully saturated rings. The molecule has 0 bridgehead atoms. The Kier molecular flexibility index (Phi) is 6.61. The second kappa shape index (κ2) is 7.76. The molecule has 1 rings (SSSR count). The SMILES string of the molecule is CCCCN(C)CCNCc1scnc1C. The lowest BCUT2D eigenvalue weighted by molar-refractivity contribution is 0.325. The van der Waals surface area contributed by atoms with E-state index in [-0.39, 0.29) is 0 Å². The Hall–Kier alpha value is -0.450. The number of likely N-dealkylation sites (N-methyl/N-ethyl adjacent to an activating group) is 1. The van der Waals surface area contributed by atoms with Crippen molar-refractivity contribution in [1.29, 1.82) is 0 Å². The summed E-state index contributed by atoms with van der Waals surface area (Å²) in [5, 5.41) is 3.46. The van der Waals surface area contributed by atoms with E-state index >= 15 is 0 Å². The number of thiazole rings is 1. The fraction of sp³-hybridized carbons (Fsp3) is 0.750. The first-order valence-electron chi connectivity index (χ1n) is 6.02. The number of aromatic nitrogens is 1. The molecule has 0 spiro atoms. The summed E-state index contributed by atoms with van der Waals surface area (Å²) in [5.74, 6) is 0. The number of rotatable bonds is 8. The minimum atomic E-state index is 0.956. The minimum absolute atomic E-state index is 0.956. The van der Waals surface area contributed by atoms with Crippen molar-refractivity contribution in [2.45, 2.75) is 33.2 Å². The lowest BCUT2D eigenvalue weighted by Crippen LogP contribution is -2.29. The first-order chi connectivity index (χ1) is 7.74. The summed E-state index contributed by atoms with van der Waals surface area (Å²) in [5.41, 5.74) is 3.08. The standard InChI is InChI=1S/C12H23N3S/c1-4-5-7-15(3)8-6-13-9-12-11(2)14-10-16-12/h10,13H,4-9H2,1-3H3. The molecule has 0 amide bonds. The van der Waals surface area contributed by atoms with Crippen LogP contribution in [-0.2, 0) is 6.54 Å². The summed E-state index contributed by atoms with van der Waals surface area (Å²) in [6.45, 7) is 8.64. The summed E-state index contributed by atoms with van der Waals surface area (Å²) < 4.78 is 0. The van der Waals surface area contributed by atoms with E-state index in [1.165, 1.54) is 24.3 Å². The molecule has 1 aromatic rings. The zero-order valence-electron chi connectivity index (χ0n) is 10.6. The highest BCUT2D eigenvalue weighted by Gasteiger charge is 2.01. The van der Waals surface area contributed by atoms with Crippen molar-refractivity contribution in [2.75, 3.05) is 26.7 Å². The van der Waals surface area contributed by atoms with E-state index in [1.807, 2.05) is 5.51 Å². The molecule has 92 valence electrons. The predicted octanol–water partition coefficient (Wildman–Crippen LogP) is 2.27. The van der Waals surface area contributed by atoms with Crippen molar-refractivity contribution in [3.05, 3.63) is 16.1 Å². The van der Waals surface area contributed by atoms with Crippen LogP contribution < -0.4 is 5.32 Å². The average Bonchev–Trinajstić information content (AvgIpc) is 2.67. The van der Waals surface area contributed by atoms with Gasteiger partial charge in [0.25, 0.3) is 0 Å². The third-order valence-electron chi connectivity index (χ3n) is 2.69. The number of nitrogens with zero attached hydrogens (tertiary/aromatic N) is 2. The van der Waals surface area contributed by atoms with Gasteiger partial charge in [0.05, 0.1) is 11.2 Å². The summed E-state index contributed by atoms with van der Waals surface area (Å²) >= 11 is 1.74. The summed E-state index contributed by atoms with van der Waals surface area (Å²) in [6.07, 6.45) is 2.57. The first kappa shape index (κ1) is 13.6. The predicted molar refractivity (Wildman–Crippen MR) is 71.0 cm³/mol. The highest BCUT2D eigenvalue weighted by Crippen LogP contribution is 2.10. The highest BCUT2D eigenvalue weighted by molar-refractivity contribution is 7.09. The molecular weight excluding hydrogens is 218 g/mol. The van der Waals surface area contributed by atoms with Gasteiger partial charge in [-0.05, 0) is 26.9 Å². The van der Waals surface area contributed by atoms with Gasteiger partial charge >= 0.3 is 0 Å². The van der Waals surface area contributed by atoms with E-state index in [0.29, 0.717) is 0 Å². The van der Waals surface area contributed by atoms with Crippen LogP contribution in [-0.4, -0.2) is 36.6 Å². The molecule has 3 nitrogen and oxygen atoms in total. The van der Waals surface area contributed by atoms with E-state index in [2.05, 4.69) is 36.1 Å². The Morgan fingerprint density at radius 2 is 2.25 bits per heavy atom. The average molecular weight is 241 g/mol. The van der Waals surface area contributed by atoms with Crippen molar-refractivity contribution in [1.82, 2.24) is 15.2 Å². The van der Waals surface area contributed by atoms with Crippen LogP contribution in [0.15, 0.2) is 5.51 Å². The van der Waals surface area contributed by atoms with Crippen LogP contribution in [0.2, 0.25) is 0 Å². The Morgan fingerprint density at radius 1 is 1.44 bits per heavy atom. The molecule has 1 heterocycles.